The Morgan fingerprint density at radius 2 is 1.96 bits per heavy atom. The van der Waals surface area contributed by atoms with Crippen molar-refractivity contribution in [3.63, 3.8) is 0 Å². The van der Waals surface area contributed by atoms with E-state index in [2.05, 4.69) is 10.7 Å². The number of carbonyl (C=O) groups is 1. The lowest BCUT2D eigenvalue weighted by atomic mass is 10.2. The van der Waals surface area contributed by atoms with E-state index >= 15 is 0 Å². The van der Waals surface area contributed by atoms with E-state index in [-0.39, 0.29) is 5.92 Å². The van der Waals surface area contributed by atoms with E-state index in [1.165, 1.54) is 0 Å². The first-order valence-electron chi connectivity index (χ1n) is 7.46. The molecule has 1 fully saturated rings. The van der Waals surface area contributed by atoms with E-state index < -0.39 is 45.0 Å². The zero-order valence-corrected chi connectivity index (χ0v) is 14.2. The van der Waals surface area contributed by atoms with Crippen LogP contribution in [0.25, 0.3) is 5.53 Å². The van der Waals surface area contributed by atoms with Gasteiger partial charge in [0.25, 0.3) is 5.78 Å². The number of sulfonamides is 1. The summed E-state index contributed by atoms with van der Waals surface area (Å²) in [4.78, 5) is 13.9. The SMILES string of the molecule is C#CC(C1CC1)N(CC(=O)C=[N+]=[N-])S(=O)(=O)c1ccc(C(F)(F)F)cc1. The standard InChI is InChI=1S/C16H14F3N3O3S/c1-2-15(11-3-4-11)22(10-13(23)9-21-20)26(24,25)14-7-5-12(6-8-14)16(17,18)19/h1,5-9,11,15H,3-4,10H2. The van der Waals surface area contributed by atoms with Gasteiger partial charge in [-0.1, -0.05) is 5.92 Å². The molecule has 1 aliphatic carbocycles. The fourth-order valence-electron chi connectivity index (χ4n) is 2.41. The molecule has 138 valence electrons. The molecule has 0 aromatic heterocycles. The van der Waals surface area contributed by atoms with Crippen LogP contribution in [-0.4, -0.2) is 42.1 Å². The normalized spacial score (nSPS) is 15.8. The Balaban J connectivity index is 2.42. The predicted molar refractivity (Wildman–Crippen MR) is 85.4 cm³/mol. The Kier molecular flexibility index (Phi) is 5.66. The highest BCUT2D eigenvalue weighted by Crippen LogP contribution is 2.37. The third-order valence-corrected chi connectivity index (χ3v) is 5.69. The molecule has 0 aliphatic heterocycles. The van der Waals surface area contributed by atoms with Crippen molar-refractivity contribution in [2.45, 2.75) is 30.0 Å². The molecule has 1 aliphatic rings. The number of hydrogen-bond donors (Lipinski definition) is 0. The van der Waals surface area contributed by atoms with Gasteiger partial charge in [0, 0.05) is 0 Å². The van der Waals surface area contributed by atoms with Crippen molar-refractivity contribution in [3.05, 3.63) is 35.4 Å². The number of nitrogens with zero attached hydrogens (tertiary/aromatic N) is 3. The topological polar surface area (TPSA) is 90.8 Å². The lowest BCUT2D eigenvalue weighted by molar-refractivity contribution is -0.137. The summed E-state index contributed by atoms with van der Waals surface area (Å²) >= 11 is 0. The summed E-state index contributed by atoms with van der Waals surface area (Å²) in [6, 6.07) is 2.00. The molecule has 10 heteroatoms. The van der Waals surface area contributed by atoms with Crippen LogP contribution in [0.5, 0.6) is 0 Å². The van der Waals surface area contributed by atoms with Gasteiger partial charge in [-0.05, 0) is 43.0 Å². The molecule has 1 aromatic carbocycles. The van der Waals surface area contributed by atoms with Crippen LogP contribution in [0, 0.1) is 18.3 Å². The third-order valence-electron chi connectivity index (χ3n) is 3.85. The van der Waals surface area contributed by atoms with Crippen molar-refractivity contribution in [1.82, 2.24) is 4.31 Å². The van der Waals surface area contributed by atoms with Gasteiger partial charge in [-0.2, -0.15) is 22.3 Å². The lowest BCUT2D eigenvalue weighted by Crippen LogP contribution is -2.44. The van der Waals surface area contributed by atoms with Gasteiger partial charge in [0.05, 0.1) is 23.0 Å². The van der Waals surface area contributed by atoms with Crippen LogP contribution in [0.2, 0.25) is 0 Å². The van der Waals surface area contributed by atoms with Crippen molar-refractivity contribution < 1.29 is 31.2 Å². The minimum absolute atomic E-state index is 0.136. The lowest BCUT2D eigenvalue weighted by Gasteiger charge is -2.26. The molecule has 0 N–H and O–H groups in total. The van der Waals surface area contributed by atoms with Gasteiger partial charge >= 0.3 is 12.4 Å². The molecule has 0 bridgehead atoms. The largest absolute Gasteiger partial charge is 0.416 e. The summed E-state index contributed by atoms with van der Waals surface area (Å²) in [5.74, 6) is 1.38. The Hall–Kier alpha value is -2.47. The molecule has 6 nitrogen and oxygen atoms in total. The summed E-state index contributed by atoms with van der Waals surface area (Å²) in [7, 11) is -4.33. The number of benzene rings is 1. The fourth-order valence-corrected chi connectivity index (χ4v) is 3.99. The van der Waals surface area contributed by atoms with Crippen molar-refractivity contribution >= 4 is 22.0 Å². The highest BCUT2D eigenvalue weighted by atomic mass is 32.2. The molecule has 0 heterocycles. The molecule has 0 spiro atoms. The number of rotatable bonds is 7. The Bertz CT molecular complexity index is 878. The minimum Gasteiger partial charge on any atom is -0.361 e. The van der Waals surface area contributed by atoms with Gasteiger partial charge in [0.15, 0.2) is 0 Å². The molecule has 1 atom stereocenters. The van der Waals surface area contributed by atoms with E-state index in [4.69, 9.17) is 12.0 Å². The quantitative estimate of drug-likeness (QED) is 0.311. The molecular weight excluding hydrogens is 371 g/mol. The molecule has 0 radical (unpaired) electrons. The summed E-state index contributed by atoms with van der Waals surface area (Å²) < 4.78 is 64.4. The number of carbonyl (C=O) groups excluding carboxylic acids is 1. The first kappa shape index (κ1) is 19.8. The van der Waals surface area contributed by atoms with E-state index in [9.17, 15) is 26.4 Å². The maximum absolute atomic E-state index is 12.9. The zero-order valence-electron chi connectivity index (χ0n) is 13.3. The van der Waals surface area contributed by atoms with Crippen LogP contribution in [0.4, 0.5) is 13.2 Å². The van der Waals surface area contributed by atoms with E-state index in [0.29, 0.717) is 31.2 Å². The Morgan fingerprint density at radius 1 is 1.38 bits per heavy atom. The highest BCUT2D eigenvalue weighted by molar-refractivity contribution is 7.89. The first-order valence-corrected chi connectivity index (χ1v) is 8.90. The summed E-state index contributed by atoms with van der Waals surface area (Å²) in [5.41, 5.74) is 7.43. The van der Waals surface area contributed by atoms with E-state index in [1.54, 1.807) is 0 Å². The molecular formula is C16H14F3N3O3S. The number of terminal acetylenes is 1. The third kappa shape index (κ3) is 4.38. The highest BCUT2D eigenvalue weighted by Gasteiger charge is 2.41. The second kappa shape index (κ2) is 7.41. The number of halogens is 3. The van der Waals surface area contributed by atoms with Gasteiger partial charge in [0.2, 0.25) is 10.0 Å². The smallest absolute Gasteiger partial charge is 0.361 e. The van der Waals surface area contributed by atoms with E-state index in [1.807, 2.05) is 0 Å². The maximum Gasteiger partial charge on any atom is 0.416 e. The zero-order chi connectivity index (χ0) is 19.5. The van der Waals surface area contributed by atoms with Crippen LogP contribution >= 0.6 is 0 Å². The average molecular weight is 385 g/mol. The van der Waals surface area contributed by atoms with Gasteiger partial charge in [-0.15, -0.1) is 6.42 Å². The number of alkyl halides is 3. The van der Waals surface area contributed by atoms with Gasteiger partial charge < -0.3 is 5.53 Å². The Morgan fingerprint density at radius 3 is 2.38 bits per heavy atom. The summed E-state index contributed by atoms with van der Waals surface area (Å²) in [5, 5.41) is 0. The van der Waals surface area contributed by atoms with Gasteiger partial charge in [0.1, 0.15) is 0 Å². The first-order chi connectivity index (χ1) is 12.1. The second-order valence-electron chi connectivity index (χ2n) is 5.73. The van der Waals surface area contributed by atoms with Crippen molar-refractivity contribution in [1.29, 1.82) is 0 Å². The predicted octanol–water partition coefficient (Wildman–Crippen LogP) is 1.98. The average Bonchev–Trinajstić information content (AvgIpc) is 3.39. The van der Waals surface area contributed by atoms with Crippen LogP contribution in [0.3, 0.4) is 0 Å². The van der Waals surface area contributed by atoms with Crippen molar-refractivity contribution in [3.8, 4) is 12.3 Å². The van der Waals surface area contributed by atoms with E-state index in [0.717, 1.165) is 16.4 Å². The summed E-state index contributed by atoms with van der Waals surface area (Å²) in [6.07, 6.45) is 2.71. The van der Waals surface area contributed by atoms with Crippen LogP contribution in [0.1, 0.15) is 18.4 Å². The minimum atomic E-state index is -4.61. The van der Waals surface area contributed by atoms with Gasteiger partial charge in [-0.3, -0.25) is 4.79 Å². The van der Waals surface area contributed by atoms with Crippen molar-refractivity contribution in [2.75, 3.05) is 6.54 Å². The number of hydrogen-bond acceptors (Lipinski definition) is 3. The maximum atomic E-state index is 12.9. The van der Waals surface area contributed by atoms with Crippen LogP contribution in [0.15, 0.2) is 29.2 Å². The molecule has 1 saturated carbocycles. The number of ketones is 1. The fraction of sp³-hybridized carbons (Fsp3) is 0.375. The Labute approximate surface area is 148 Å². The van der Waals surface area contributed by atoms with Gasteiger partial charge in [-0.25, -0.2) is 8.42 Å². The van der Waals surface area contributed by atoms with Crippen LogP contribution in [-0.2, 0) is 21.0 Å². The molecule has 1 aromatic rings. The number of Topliss-reactive ketones (excluding diaryl/α,β-unsaturated/α-hetero) is 1. The molecule has 0 amide bonds. The van der Waals surface area contributed by atoms with Crippen LogP contribution < -0.4 is 0 Å². The monoisotopic (exact) mass is 385 g/mol. The van der Waals surface area contributed by atoms with Crippen molar-refractivity contribution in [2.24, 2.45) is 5.92 Å². The molecule has 0 saturated heterocycles. The second-order valence-corrected chi connectivity index (χ2v) is 7.62. The molecule has 26 heavy (non-hydrogen) atoms. The summed E-state index contributed by atoms with van der Waals surface area (Å²) in [6.45, 7) is -0.682. The molecule has 2 rings (SSSR count). The molecule has 1 unspecified atom stereocenters.